The van der Waals surface area contributed by atoms with Gasteiger partial charge in [-0.2, -0.15) is 0 Å². The number of ether oxygens (including phenoxy) is 4. The summed E-state index contributed by atoms with van der Waals surface area (Å²) in [6, 6.07) is 17.5. The summed E-state index contributed by atoms with van der Waals surface area (Å²) in [4.78, 5) is 37.6. The second-order valence-corrected chi connectivity index (χ2v) is 11.9. The summed E-state index contributed by atoms with van der Waals surface area (Å²) in [5, 5.41) is 0. The molecule has 47 heavy (non-hydrogen) atoms. The average molecular weight is 649 g/mol. The Kier molecular flexibility index (Phi) is 16.1. The second kappa shape index (κ2) is 20.3. The van der Waals surface area contributed by atoms with E-state index in [0.717, 1.165) is 55.7 Å². The van der Waals surface area contributed by atoms with E-state index >= 15 is 0 Å². The van der Waals surface area contributed by atoms with E-state index in [1.807, 2.05) is 19.1 Å². The smallest absolute Gasteiger partial charge is 0.343 e. The number of esters is 3. The van der Waals surface area contributed by atoms with Crippen molar-refractivity contribution in [1.82, 2.24) is 0 Å². The Morgan fingerprint density at radius 3 is 1.87 bits per heavy atom. The van der Waals surface area contributed by atoms with Crippen molar-refractivity contribution in [2.75, 3.05) is 6.61 Å². The highest BCUT2D eigenvalue weighted by atomic mass is 19.1. The van der Waals surface area contributed by atoms with Crippen LogP contribution in [-0.4, -0.2) is 36.7 Å². The van der Waals surface area contributed by atoms with Gasteiger partial charge < -0.3 is 18.9 Å². The number of rotatable bonds is 20. The number of carbonyl (C=O) groups excluding carboxylic acids is 3. The molecule has 254 valence electrons. The van der Waals surface area contributed by atoms with Crippen molar-refractivity contribution < 1.29 is 37.7 Å². The lowest BCUT2D eigenvalue weighted by Gasteiger charge is -2.13. The van der Waals surface area contributed by atoms with Gasteiger partial charge in [-0.1, -0.05) is 89.5 Å². The predicted molar refractivity (Wildman–Crippen MR) is 181 cm³/mol. The fourth-order valence-electron chi connectivity index (χ4n) is 4.96. The summed E-state index contributed by atoms with van der Waals surface area (Å²) in [6.07, 6.45) is 11.0. The quantitative estimate of drug-likeness (QED) is 0.0684. The molecule has 0 bridgehead atoms. The number of carbonyl (C=O) groups is 3. The number of hydrogen-bond donors (Lipinski definition) is 0. The minimum absolute atomic E-state index is 0.0310. The molecular formula is C39H49FO7. The Balaban J connectivity index is 1.47. The first-order valence-electron chi connectivity index (χ1n) is 17.0. The summed E-state index contributed by atoms with van der Waals surface area (Å²) >= 11 is 0. The molecule has 0 spiro atoms. The Morgan fingerprint density at radius 2 is 1.23 bits per heavy atom. The van der Waals surface area contributed by atoms with Crippen LogP contribution in [0.5, 0.6) is 11.5 Å². The minimum atomic E-state index is -0.861. The molecule has 3 rings (SSSR count). The molecule has 8 heteroatoms. The number of benzene rings is 3. The molecule has 0 saturated heterocycles. The van der Waals surface area contributed by atoms with Crippen LogP contribution in [-0.2, 0) is 14.3 Å². The summed E-state index contributed by atoms with van der Waals surface area (Å²) < 4.78 is 36.4. The number of halogens is 1. The normalized spacial score (nSPS) is 12.3. The van der Waals surface area contributed by atoms with Crippen molar-refractivity contribution in [3.05, 3.63) is 83.7 Å². The third-order valence-electron chi connectivity index (χ3n) is 7.87. The summed E-state index contributed by atoms with van der Waals surface area (Å²) in [7, 11) is 0. The van der Waals surface area contributed by atoms with E-state index in [1.54, 1.807) is 43.3 Å². The maximum Gasteiger partial charge on any atom is 0.343 e. The Morgan fingerprint density at radius 1 is 0.660 bits per heavy atom. The SMILES string of the molecule is CCCCCCCCOC(C)C(=O)Oc1ccc(C(=O)Oc2ccc(-c3ccc(C(=O)O[C@@H](C)CCCCCC)cc3)cc2)cc1F. The van der Waals surface area contributed by atoms with Gasteiger partial charge in [-0.25, -0.2) is 18.8 Å². The Labute approximate surface area is 278 Å². The van der Waals surface area contributed by atoms with Crippen molar-refractivity contribution in [3.8, 4) is 22.6 Å². The molecule has 0 aliphatic carbocycles. The van der Waals surface area contributed by atoms with Crippen LogP contribution in [0, 0.1) is 5.82 Å². The van der Waals surface area contributed by atoms with Crippen molar-refractivity contribution in [1.29, 1.82) is 0 Å². The standard InChI is InChI=1S/C39H49FO7/c1-5-7-9-11-12-14-26-44-29(4)37(41)47-36-25-22-33(27-35(36)40)39(43)46-34-23-20-31(21-24-34)30-16-18-32(19-17-30)38(42)45-28(3)15-13-10-8-6-2/h16-25,27-29H,5-15,26H2,1-4H3/t28-,29?/m0/s1. The molecule has 0 aliphatic rings. The largest absolute Gasteiger partial charge is 0.459 e. The molecule has 0 N–H and O–H groups in total. The predicted octanol–water partition coefficient (Wildman–Crippen LogP) is 9.90. The van der Waals surface area contributed by atoms with Gasteiger partial charge in [0.2, 0.25) is 0 Å². The molecule has 7 nitrogen and oxygen atoms in total. The zero-order valence-electron chi connectivity index (χ0n) is 28.2. The van der Waals surface area contributed by atoms with E-state index < -0.39 is 23.9 Å². The highest BCUT2D eigenvalue weighted by Gasteiger charge is 2.20. The maximum absolute atomic E-state index is 14.7. The first kappa shape index (κ1) is 37.4. The lowest BCUT2D eigenvalue weighted by molar-refractivity contribution is -0.146. The molecule has 0 saturated carbocycles. The van der Waals surface area contributed by atoms with Gasteiger partial charge in [0.1, 0.15) is 5.75 Å². The van der Waals surface area contributed by atoms with Crippen molar-refractivity contribution in [3.63, 3.8) is 0 Å². The van der Waals surface area contributed by atoms with Crippen LogP contribution in [0.2, 0.25) is 0 Å². The molecule has 0 aliphatic heterocycles. The molecule has 0 heterocycles. The second-order valence-electron chi connectivity index (χ2n) is 11.9. The molecular weight excluding hydrogens is 599 g/mol. The average Bonchev–Trinajstić information content (AvgIpc) is 3.07. The molecule has 1 unspecified atom stereocenters. The van der Waals surface area contributed by atoms with Crippen LogP contribution < -0.4 is 9.47 Å². The van der Waals surface area contributed by atoms with Crippen LogP contribution in [0.1, 0.15) is 119 Å². The third kappa shape index (κ3) is 12.9. The maximum atomic E-state index is 14.7. The van der Waals surface area contributed by atoms with Crippen LogP contribution in [0.3, 0.4) is 0 Å². The zero-order chi connectivity index (χ0) is 34.0. The van der Waals surface area contributed by atoms with Gasteiger partial charge in [0.25, 0.3) is 0 Å². The highest BCUT2D eigenvalue weighted by Crippen LogP contribution is 2.25. The van der Waals surface area contributed by atoms with Crippen molar-refractivity contribution in [2.24, 2.45) is 0 Å². The van der Waals surface area contributed by atoms with E-state index in [-0.39, 0.29) is 29.1 Å². The van der Waals surface area contributed by atoms with Gasteiger partial charge in [-0.05, 0) is 86.7 Å². The number of hydrogen-bond acceptors (Lipinski definition) is 7. The van der Waals surface area contributed by atoms with Gasteiger partial charge >= 0.3 is 17.9 Å². The Bertz CT molecular complexity index is 1400. The van der Waals surface area contributed by atoms with Gasteiger partial charge in [-0.15, -0.1) is 0 Å². The molecule has 0 amide bonds. The molecule has 2 atom stereocenters. The molecule has 3 aromatic rings. The molecule has 0 aromatic heterocycles. The van der Waals surface area contributed by atoms with Crippen LogP contribution in [0.15, 0.2) is 66.7 Å². The van der Waals surface area contributed by atoms with Gasteiger partial charge in [0.05, 0.1) is 17.2 Å². The van der Waals surface area contributed by atoms with E-state index in [2.05, 4.69) is 13.8 Å². The topological polar surface area (TPSA) is 88.1 Å². The van der Waals surface area contributed by atoms with E-state index in [9.17, 15) is 18.8 Å². The van der Waals surface area contributed by atoms with Crippen LogP contribution in [0.25, 0.3) is 11.1 Å². The van der Waals surface area contributed by atoms with E-state index in [4.69, 9.17) is 18.9 Å². The lowest BCUT2D eigenvalue weighted by atomic mass is 10.0. The molecule has 0 radical (unpaired) electrons. The summed E-state index contributed by atoms with van der Waals surface area (Å²) in [6.45, 7) is 8.25. The fourth-order valence-corrected chi connectivity index (χ4v) is 4.96. The van der Waals surface area contributed by atoms with Crippen LogP contribution >= 0.6 is 0 Å². The van der Waals surface area contributed by atoms with Gasteiger partial charge in [-0.3, -0.25) is 0 Å². The van der Waals surface area contributed by atoms with Crippen LogP contribution in [0.4, 0.5) is 4.39 Å². The van der Waals surface area contributed by atoms with E-state index in [1.165, 1.54) is 44.2 Å². The third-order valence-corrected chi connectivity index (χ3v) is 7.87. The zero-order valence-corrected chi connectivity index (χ0v) is 28.2. The number of unbranched alkanes of at least 4 members (excludes halogenated alkanes) is 8. The van der Waals surface area contributed by atoms with Gasteiger partial charge in [0.15, 0.2) is 17.7 Å². The summed E-state index contributed by atoms with van der Waals surface area (Å²) in [5.74, 6) is -2.68. The van der Waals surface area contributed by atoms with Gasteiger partial charge in [0, 0.05) is 6.61 Å². The minimum Gasteiger partial charge on any atom is -0.459 e. The Hall–Kier alpha value is -4.04. The highest BCUT2D eigenvalue weighted by molar-refractivity contribution is 5.92. The van der Waals surface area contributed by atoms with Crippen molar-refractivity contribution in [2.45, 2.75) is 111 Å². The van der Waals surface area contributed by atoms with Crippen molar-refractivity contribution >= 4 is 17.9 Å². The lowest BCUT2D eigenvalue weighted by Crippen LogP contribution is -2.26. The van der Waals surface area contributed by atoms with E-state index in [0.29, 0.717) is 12.2 Å². The molecule has 3 aromatic carbocycles. The molecule has 0 fully saturated rings. The first-order valence-corrected chi connectivity index (χ1v) is 17.0. The summed E-state index contributed by atoms with van der Waals surface area (Å²) in [5.41, 5.74) is 2.19. The monoisotopic (exact) mass is 648 g/mol. The fraction of sp³-hybridized carbons (Fsp3) is 0.462. The first-order chi connectivity index (χ1) is 22.7.